The molecule has 2 aliphatic rings. The van der Waals surface area contributed by atoms with Crippen LogP contribution in [0.1, 0.15) is 19.3 Å². The van der Waals surface area contributed by atoms with E-state index in [1.165, 1.54) is 12.8 Å². The summed E-state index contributed by atoms with van der Waals surface area (Å²) in [5.41, 5.74) is 1.19. The third kappa shape index (κ3) is 5.12. The van der Waals surface area contributed by atoms with Gasteiger partial charge in [-0.2, -0.15) is 0 Å². The van der Waals surface area contributed by atoms with E-state index in [0.29, 0.717) is 19.1 Å². The molecule has 7 nitrogen and oxygen atoms in total. The van der Waals surface area contributed by atoms with Gasteiger partial charge in [-0.1, -0.05) is 6.07 Å². The minimum Gasteiger partial charge on any atom is -0.497 e. The van der Waals surface area contributed by atoms with Crippen LogP contribution in [0.5, 0.6) is 5.75 Å². The SMILES string of the molecule is COCC(=O)N1CC[C@@H](NC2CCN(c3cccc(OC)c3)CC2)[C@H](O)C1. The van der Waals surface area contributed by atoms with Crippen molar-refractivity contribution in [3.05, 3.63) is 24.3 Å². The fourth-order valence-electron chi connectivity index (χ4n) is 3.98. The molecule has 0 aromatic heterocycles. The second kappa shape index (κ2) is 9.39. The summed E-state index contributed by atoms with van der Waals surface area (Å²) in [5.74, 6) is 0.826. The largest absolute Gasteiger partial charge is 0.497 e. The molecular weight excluding hydrogens is 346 g/mol. The van der Waals surface area contributed by atoms with Crippen LogP contribution in [0.2, 0.25) is 0 Å². The lowest BCUT2D eigenvalue weighted by molar-refractivity contribution is -0.138. The summed E-state index contributed by atoms with van der Waals surface area (Å²) in [7, 11) is 3.20. The predicted octanol–water partition coefficient (Wildman–Crippen LogP) is 0.862. The van der Waals surface area contributed by atoms with Crippen molar-refractivity contribution in [3.63, 3.8) is 0 Å². The summed E-state index contributed by atoms with van der Waals surface area (Å²) in [6.07, 6.45) is 2.31. The summed E-state index contributed by atoms with van der Waals surface area (Å²) in [6.45, 7) is 3.08. The fraction of sp³-hybridized carbons (Fsp3) is 0.650. The Morgan fingerprint density at radius 1 is 1.22 bits per heavy atom. The molecule has 2 atom stereocenters. The first kappa shape index (κ1) is 19.9. The van der Waals surface area contributed by atoms with Gasteiger partial charge in [-0.15, -0.1) is 0 Å². The van der Waals surface area contributed by atoms with Crippen LogP contribution in [0, 0.1) is 0 Å². The van der Waals surface area contributed by atoms with Gasteiger partial charge in [0.1, 0.15) is 12.4 Å². The molecule has 2 fully saturated rings. The topological polar surface area (TPSA) is 74.3 Å². The highest BCUT2D eigenvalue weighted by Gasteiger charge is 2.32. The van der Waals surface area contributed by atoms with Gasteiger partial charge in [-0.3, -0.25) is 4.79 Å². The van der Waals surface area contributed by atoms with Crippen LogP contribution >= 0.6 is 0 Å². The molecule has 1 aromatic carbocycles. The lowest BCUT2D eigenvalue weighted by Gasteiger charge is -2.40. The Balaban J connectivity index is 1.46. The number of aliphatic hydroxyl groups excluding tert-OH is 1. The third-order valence-corrected chi connectivity index (χ3v) is 5.57. The maximum absolute atomic E-state index is 11.9. The molecule has 0 radical (unpaired) electrons. The van der Waals surface area contributed by atoms with Gasteiger partial charge >= 0.3 is 0 Å². The number of methoxy groups -OCH3 is 2. The Morgan fingerprint density at radius 2 is 2.00 bits per heavy atom. The van der Waals surface area contributed by atoms with Crippen molar-refractivity contribution >= 4 is 11.6 Å². The van der Waals surface area contributed by atoms with E-state index in [9.17, 15) is 9.90 Å². The van der Waals surface area contributed by atoms with Gasteiger partial charge in [-0.05, 0) is 31.4 Å². The van der Waals surface area contributed by atoms with Gasteiger partial charge in [0.2, 0.25) is 5.91 Å². The maximum atomic E-state index is 11.9. The first-order chi connectivity index (χ1) is 13.1. The molecule has 7 heteroatoms. The van der Waals surface area contributed by atoms with Crippen LogP contribution in [0.15, 0.2) is 24.3 Å². The number of hydrogen-bond acceptors (Lipinski definition) is 6. The molecule has 1 amide bonds. The second-order valence-corrected chi connectivity index (χ2v) is 7.36. The molecule has 0 spiro atoms. The number of ether oxygens (including phenoxy) is 2. The second-order valence-electron chi connectivity index (χ2n) is 7.36. The molecule has 2 heterocycles. The van der Waals surface area contributed by atoms with E-state index in [2.05, 4.69) is 22.3 Å². The Hall–Kier alpha value is -1.83. The van der Waals surface area contributed by atoms with Gasteiger partial charge in [-0.25, -0.2) is 0 Å². The highest BCUT2D eigenvalue weighted by molar-refractivity contribution is 5.77. The molecule has 2 saturated heterocycles. The number of benzene rings is 1. The maximum Gasteiger partial charge on any atom is 0.248 e. The predicted molar refractivity (Wildman–Crippen MR) is 104 cm³/mol. The first-order valence-electron chi connectivity index (χ1n) is 9.70. The molecule has 150 valence electrons. The van der Waals surface area contributed by atoms with E-state index < -0.39 is 6.10 Å². The van der Waals surface area contributed by atoms with E-state index in [4.69, 9.17) is 9.47 Å². The summed E-state index contributed by atoms with van der Waals surface area (Å²) in [5, 5.41) is 14.1. The number of anilines is 1. The van der Waals surface area contributed by atoms with Crippen molar-refractivity contribution in [2.75, 3.05) is 51.9 Å². The molecule has 0 saturated carbocycles. The average molecular weight is 377 g/mol. The number of hydrogen-bond donors (Lipinski definition) is 2. The number of aliphatic hydroxyl groups is 1. The van der Waals surface area contributed by atoms with Crippen LogP contribution in [-0.2, 0) is 9.53 Å². The lowest BCUT2D eigenvalue weighted by Crippen LogP contribution is -2.57. The standard InChI is InChI=1S/C20H31N3O4/c1-26-14-20(25)23-11-8-18(19(24)13-23)21-15-6-9-22(10-7-15)16-4-3-5-17(12-16)27-2/h3-5,12,15,18-19,21,24H,6-11,13-14H2,1-2H3/t18-,19-/m1/s1. The van der Waals surface area contributed by atoms with Gasteiger partial charge in [0, 0.05) is 57.1 Å². The highest BCUT2D eigenvalue weighted by atomic mass is 16.5. The zero-order valence-corrected chi connectivity index (χ0v) is 16.3. The number of nitrogens with one attached hydrogen (secondary N) is 1. The van der Waals surface area contributed by atoms with E-state index in [-0.39, 0.29) is 18.6 Å². The summed E-state index contributed by atoms with van der Waals surface area (Å²) >= 11 is 0. The van der Waals surface area contributed by atoms with Gasteiger partial charge in [0.05, 0.1) is 13.2 Å². The molecular formula is C20H31N3O4. The number of carbonyl (C=O) groups excluding carboxylic acids is 1. The highest BCUT2D eigenvalue weighted by Crippen LogP contribution is 2.25. The number of carbonyl (C=O) groups is 1. The molecule has 0 aliphatic carbocycles. The van der Waals surface area contributed by atoms with Crippen LogP contribution in [0.3, 0.4) is 0 Å². The molecule has 27 heavy (non-hydrogen) atoms. The Bertz CT molecular complexity index is 619. The number of β-amino-alcohol motifs (C(OH)–C–C–N with tert-alkyl or cyclic N) is 1. The van der Waals surface area contributed by atoms with Gasteiger partial charge in [0.15, 0.2) is 0 Å². The number of piperidine rings is 2. The van der Waals surface area contributed by atoms with Crippen LogP contribution in [0.25, 0.3) is 0 Å². The van der Waals surface area contributed by atoms with Gasteiger partial charge < -0.3 is 29.7 Å². The first-order valence-corrected chi connectivity index (χ1v) is 9.70. The smallest absolute Gasteiger partial charge is 0.248 e. The van der Waals surface area contributed by atoms with Crippen molar-refractivity contribution in [2.45, 2.75) is 37.5 Å². The fourth-order valence-corrected chi connectivity index (χ4v) is 3.98. The molecule has 0 unspecified atom stereocenters. The Labute approximate surface area is 161 Å². The minimum absolute atomic E-state index is 0.0463. The summed E-state index contributed by atoms with van der Waals surface area (Å²) in [6, 6.07) is 8.62. The molecule has 1 aromatic rings. The van der Waals surface area contributed by atoms with Crippen molar-refractivity contribution in [1.29, 1.82) is 0 Å². The molecule has 0 bridgehead atoms. The number of amides is 1. The van der Waals surface area contributed by atoms with Crippen molar-refractivity contribution < 1.29 is 19.4 Å². The van der Waals surface area contributed by atoms with Crippen LogP contribution in [-0.4, -0.2) is 81.1 Å². The van der Waals surface area contributed by atoms with Crippen LogP contribution < -0.4 is 15.0 Å². The lowest BCUT2D eigenvalue weighted by atomic mass is 9.97. The monoisotopic (exact) mass is 377 g/mol. The number of likely N-dealkylation sites (tertiary alicyclic amines) is 1. The third-order valence-electron chi connectivity index (χ3n) is 5.57. The number of nitrogens with zero attached hydrogens (tertiary/aromatic N) is 2. The molecule has 2 aliphatic heterocycles. The zero-order valence-electron chi connectivity index (χ0n) is 16.3. The van der Waals surface area contributed by atoms with Crippen molar-refractivity contribution in [3.8, 4) is 5.75 Å². The molecule has 2 N–H and O–H groups in total. The van der Waals surface area contributed by atoms with E-state index in [1.807, 2.05) is 12.1 Å². The summed E-state index contributed by atoms with van der Waals surface area (Å²) in [4.78, 5) is 16.0. The van der Waals surface area contributed by atoms with Crippen LogP contribution in [0.4, 0.5) is 5.69 Å². The van der Waals surface area contributed by atoms with Crippen molar-refractivity contribution in [2.24, 2.45) is 0 Å². The van der Waals surface area contributed by atoms with E-state index in [1.54, 1.807) is 12.0 Å². The normalized spacial score (nSPS) is 24.1. The number of rotatable bonds is 6. The quantitative estimate of drug-likeness (QED) is 0.766. The van der Waals surface area contributed by atoms with E-state index in [0.717, 1.165) is 38.1 Å². The zero-order chi connectivity index (χ0) is 19.2. The summed E-state index contributed by atoms with van der Waals surface area (Å²) < 4.78 is 10.2. The molecule has 3 rings (SSSR count). The Kier molecular flexibility index (Phi) is 6.93. The van der Waals surface area contributed by atoms with E-state index >= 15 is 0 Å². The average Bonchev–Trinajstić information content (AvgIpc) is 2.70. The Morgan fingerprint density at radius 3 is 2.67 bits per heavy atom. The minimum atomic E-state index is -0.532. The van der Waals surface area contributed by atoms with Gasteiger partial charge in [0.25, 0.3) is 0 Å². The van der Waals surface area contributed by atoms with Crippen molar-refractivity contribution in [1.82, 2.24) is 10.2 Å².